The van der Waals surface area contributed by atoms with Crippen LogP contribution in [0.3, 0.4) is 0 Å². The Kier molecular flexibility index (Phi) is 4.88. The normalized spacial score (nSPS) is 11.7. The molecule has 0 saturated carbocycles. The minimum absolute atomic E-state index is 0.223. The monoisotopic (exact) mass is 284 g/mol. The van der Waals surface area contributed by atoms with Gasteiger partial charge in [-0.25, -0.2) is 4.79 Å². The molecular weight excluding hydrogens is 272 g/mol. The fraction of sp³-hybridized carbons (Fsp3) is 0.250. The van der Waals surface area contributed by atoms with E-state index in [1.54, 1.807) is 19.1 Å². The molecule has 7 heteroatoms. The second-order valence-electron chi connectivity index (χ2n) is 4.05. The highest BCUT2D eigenvalue weighted by molar-refractivity contribution is 6.31. The first-order valence-corrected chi connectivity index (χ1v) is 5.76. The predicted octanol–water partition coefficient (Wildman–Crippen LogP) is 0.707. The summed E-state index contributed by atoms with van der Waals surface area (Å²) in [7, 11) is 0. The number of hydrogen-bond acceptors (Lipinski definition) is 3. The standard InChI is InChI=1S/C12H13ClN2O4/c1-6-2-7(4-8(13)3-6)11(17)15-9(12(18)19)5-10(14)16/h2-4,9H,5H2,1H3,(H2,14,16)(H,15,17)(H,18,19)/t9-/m0/s1. The minimum atomic E-state index is -1.36. The van der Waals surface area contributed by atoms with Crippen LogP contribution in [0.4, 0.5) is 0 Å². The third kappa shape index (κ3) is 4.59. The highest BCUT2D eigenvalue weighted by Gasteiger charge is 2.22. The number of aryl methyl sites for hydroxylation is 1. The SMILES string of the molecule is Cc1cc(Cl)cc(C(=O)N[C@@H](CC(N)=O)C(=O)O)c1. The number of halogens is 1. The van der Waals surface area contributed by atoms with E-state index in [2.05, 4.69) is 5.32 Å². The summed E-state index contributed by atoms with van der Waals surface area (Å²) < 4.78 is 0. The Labute approximate surface area is 114 Å². The summed E-state index contributed by atoms with van der Waals surface area (Å²) in [6.07, 6.45) is -0.472. The van der Waals surface area contributed by atoms with Crippen LogP contribution in [0.15, 0.2) is 18.2 Å². The van der Waals surface area contributed by atoms with Gasteiger partial charge in [0, 0.05) is 10.6 Å². The van der Waals surface area contributed by atoms with Crippen molar-refractivity contribution in [1.82, 2.24) is 5.32 Å². The number of carbonyl (C=O) groups excluding carboxylic acids is 2. The van der Waals surface area contributed by atoms with Crippen LogP contribution >= 0.6 is 11.6 Å². The van der Waals surface area contributed by atoms with Gasteiger partial charge in [-0.05, 0) is 30.7 Å². The van der Waals surface area contributed by atoms with Gasteiger partial charge in [0.15, 0.2) is 0 Å². The molecule has 1 rings (SSSR count). The van der Waals surface area contributed by atoms with Crippen LogP contribution in [-0.2, 0) is 9.59 Å². The van der Waals surface area contributed by atoms with E-state index in [4.69, 9.17) is 22.4 Å². The molecule has 0 bridgehead atoms. The lowest BCUT2D eigenvalue weighted by atomic mass is 10.1. The van der Waals surface area contributed by atoms with Gasteiger partial charge in [-0.3, -0.25) is 9.59 Å². The molecule has 102 valence electrons. The van der Waals surface area contributed by atoms with Crippen molar-refractivity contribution in [3.8, 4) is 0 Å². The molecule has 0 aliphatic heterocycles. The third-order valence-electron chi connectivity index (χ3n) is 2.31. The number of nitrogens with two attached hydrogens (primary N) is 1. The molecule has 2 amide bonds. The zero-order chi connectivity index (χ0) is 14.6. The summed E-state index contributed by atoms with van der Waals surface area (Å²) in [5, 5.41) is 11.5. The molecule has 0 aliphatic carbocycles. The first-order chi connectivity index (χ1) is 8.79. The lowest BCUT2D eigenvalue weighted by Crippen LogP contribution is -2.43. The number of hydrogen-bond donors (Lipinski definition) is 3. The van der Waals surface area contributed by atoms with E-state index in [0.717, 1.165) is 5.56 Å². The third-order valence-corrected chi connectivity index (χ3v) is 2.53. The zero-order valence-electron chi connectivity index (χ0n) is 10.1. The van der Waals surface area contributed by atoms with Crippen molar-refractivity contribution in [2.75, 3.05) is 0 Å². The summed E-state index contributed by atoms with van der Waals surface area (Å²) in [6.45, 7) is 1.75. The van der Waals surface area contributed by atoms with Gasteiger partial charge in [0.1, 0.15) is 6.04 Å². The maximum Gasteiger partial charge on any atom is 0.326 e. The predicted molar refractivity (Wildman–Crippen MR) is 68.9 cm³/mol. The molecule has 6 nitrogen and oxygen atoms in total. The molecule has 0 unspecified atom stereocenters. The second kappa shape index (κ2) is 6.19. The summed E-state index contributed by atoms with van der Waals surface area (Å²) in [4.78, 5) is 33.5. The molecule has 1 aromatic rings. The summed E-state index contributed by atoms with van der Waals surface area (Å²) in [5.41, 5.74) is 5.91. The van der Waals surface area contributed by atoms with Crippen molar-refractivity contribution in [2.45, 2.75) is 19.4 Å². The van der Waals surface area contributed by atoms with Crippen molar-refractivity contribution < 1.29 is 19.5 Å². The summed E-state index contributed by atoms with van der Waals surface area (Å²) in [5.74, 6) is -2.76. The molecule has 1 aromatic carbocycles. The average molecular weight is 285 g/mol. The molecule has 0 fully saturated rings. The Balaban J connectivity index is 2.87. The van der Waals surface area contributed by atoms with Gasteiger partial charge in [0.2, 0.25) is 5.91 Å². The quantitative estimate of drug-likeness (QED) is 0.739. The first kappa shape index (κ1) is 15.0. The number of nitrogens with one attached hydrogen (secondary N) is 1. The fourth-order valence-electron chi connectivity index (χ4n) is 1.51. The molecule has 0 heterocycles. The van der Waals surface area contributed by atoms with Crippen LogP contribution < -0.4 is 11.1 Å². The first-order valence-electron chi connectivity index (χ1n) is 5.38. The smallest absolute Gasteiger partial charge is 0.326 e. The van der Waals surface area contributed by atoms with Crippen molar-refractivity contribution >= 4 is 29.4 Å². The molecule has 1 atom stereocenters. The fourth-order valence-corrected chi connectivity index (χ4v) is 1.80. The van der Waals surface area contributed by atoms with Gasteiger partial charge < -0.3 is 16.2 Å². The number of carbonyl (C=O) groups is 3. The molecule has 0 aromatic heterocycles. The second-order valence-corrected chi connectivity index (χ2v) is 4.49. The number of benzene rings is 1. The maximum atomic E-state index is 11.9. The Morgan fingerprint density at radius 2 is 2.00 bits per heavy atom. The molecule has 0 aliphatic rings. The van der Waals surface area contributed by atoms with Gasteiger partial charge in [-0.1, -0.05) is 11.6 Å². The number of primary amides is 1. The summed E-state index contributed by atoms with van der Waals surface area (Å²) in [6, 6.07) is 3.28. The lowest BCUT2D eigenvalue weighted by Gasteiger charge is -2.13. The number of rotatable bonds is 5. The number of aliphatic carboxylic acids is 1. The van der Waals surface area contributed by atoms with Gasteiger partial charge in [0.25, 0.3) is 5.91 Å². The van der Waals surface area contributed by atoms with E-state index in [1.165, 1.54) is 6.07 Å². The van der Waals surface area contributed by atoms with E-state index < -0.39 is 30.2 Å². The van der Waals surface area contributed by atoms with Gasteiger partial charge in [-0.2, -0.15) is 0 Å². The van der Waals surface area contributed by atoms with Gasteiger partial charge in [-0.15, -0.1) is 0 Å². The van der Waals surface area contributed by atoms with Crippen LogP contribution in [-0.4, -0.2) is 28.9 Å². The molecule has 4 N–H and O–H groups in total. The van der Waals surface area contributed by atoms with Crippen LogP contribution in [0.1, 0.15) is 22.3 Å². The lowest BCUT2D eigenvalue weighted by molar-refractivity contribution is -0.140. The average Bonchev–Trinajstić information content (AvgIpc) is 2.25. The van der Waals surface area contributed by atoms with E-state index in [9.17, 15) is 14.4 Å². The van der Waals surface area contributed by atoms with Crippen molar-refractivity contribution in [1.29, 1.82) is 0 Å². The Hall–Kier alpha value is -2.08. The topological polar surface area (TPSA) is 109 Å². The number of amides is 2. The van der Waals surface area contributed by atoms with Crippen molar-refractivity contribution in [3.63, 3.8) is 0 Å². The maximum absolute atomic E-state index is 11.9. The summed E-state index contributed by atoms with van der Waals surface area (Å²) >= 11 is 5.81. The van der Waals surface area contributed by atoms with Gasteiger partial charge in [0.05, 0.1) is 6.42 Å². The van der Waals surface area contributed by atoms with Crippen LogP contribution in [0, 0.1) is 6.92 Å². The van der Waals surface area contributed by atoms with Gasteiger partial charge >= 0.3 is 5.97 Å². The Morgan fingerprint density at radius 3 is 2.47 bits per heavy atom. The van der Waals surface area contributed by atoms with Crippen LogP contribution in [0.5, 0.6) is 0 Å². The Bertz CT molecular complexity index is 510. The van der Waals surface area contributed by atoms with E-state index in [0.29, 0.717) is 5.02 Å². The minimum Gasteiger partial charge on any atom is -0.480 e. The van der Waals surface area contributed by atoms with E-state index >= 15 is 0 Å². The molecular formula is C12H13ClN2O4. The van der Waals surface area contributed by atoms with Crippen LogP contribution in [0.25, 0.3) is 0 Å². The van der Waals surface area contributed by atoms with Crippen LogP contribution in [0.2, 0.25) is 5.02 Å². The number of carboxylic acids is 1. The molecule has 0 saturated heterocycles. The Morgan fingerprint density at radius 1 is 1.37 bits per heavy atom. The number of carboxylic acid groups (broad SMARTS) is 1. The highest BCUT2D eigenvalue weighted by atomic mass is 35.5. The van der Waals surface area contributed by atoms with E-state index in [1.807, 2.05) is 0 Å². The van der Waals surface area contributed by atoms with E-state index in [-0.39, 0.29) is 5.56 Å². The van der Waals surface area contributed by atoms with Crippen molar-refractivity contribution in [3.05, 3.63) is 34.3 Å². The highest BCUT2D eigenvalue weighted by Crippen LogP contribution is 2.14. The molecule has 0 spiro atoms. The molecule has 19 heavy (non-hydrogen) atoms. The molecule has 0 radical (unpaired) electrons. The van der Waals surface area contributed by atoms with Crippen molar-refractivity contribution in [2.24, 2.45) is 5.73 Å². The zero-order valence-corrected chi connectivity index (χ0v) is 10.9. The largest absolute Gasteiger partial charge is 0.480 e.